The summed E-state index contributed by atoms with van der Waals surface area (Å²) >= 11 is -0.507. The summed E-state index contributed by atoms with van der Waals surface area (Å²) in [7, 11) is 0. The molecule has 0 saturated carbocycles. The van der Waals surface area contributed by atoms with Crippen LogP contribution in [-0.4, -0.2) is 83.3 Å². The lowest BCUT2D eigenvalue weighted by Gasteiger charge is -2.40. The first kappa shape index (κ1) is 45.8. The molecule has 1 aromatic carbocycles. The fourth-order valence-corrected chi connectivity index (χ4v) is 10.2. The lowest BCUT2D eigenvalue weighted by Crippen LogP contribution is -2.60. The molecule has 20 heteroatoms. The van der Waals surface area contributed by atoms with Gasteiger partial charge >= 0.3 is 17.9 Å². The Morgan fingerprint density at radius 2 is 1.85 bits per heavy atom. The predicted molar refractivity (Wildman–Crippen MR) is 220 cm³/mol. The fraction of sp³-hybridized carbons (Fsp3) is 0.400. The number of aromatic nitrogens is 1. The molecule has 0 spiro atoms. The number of thioether (sulfide) groups is 1. The molecule has 60 heavy (non-hydrogen) atoms. The number of hydrogen-bond acceptors (Lipinski definition) is 16. The molecule has 5 rings (SSSR count). The quantitative estimate of drug-likeness (QED) is 0.132. The number of nitrogens with zero attached hydrogens (tertiary/aromatic N) is 2. The van der Waals surface area contributed by atoms with Crippen LogP contribution in [0, 0.1) is 6.92 Å². The monoisotopic (exact) mass is 884 g/mol. The minimum absolute atomic E-state index is 0.0189. The molecule has 5 atom stereocenters. The van der Waals surface area contributed by atoms with Gasteiger partial charge in [-0.1, -0.05) is 59.8 Å². The van der Waals surface area contributed by atoms with Gasteiger partial charge in [-0.15, -0.1) is 11.3 Å². The molecule has 1 unspecified atom stereocenters. The number of alkyl carbamates (subject to hydrolysis) is 1. The Morgan fingerprint density at radius 1 is 1.12 bits per heavy atom. The van der Waals surface area contributed by atoms with Gasteiger partial charge in [-0.25, -0.2) is 14.6 Å². The molecular weight excluding hydrogens is 841 g/mol. The van der Waals surface area contributed by atoms with E-state index in [1.165, 1.54) is 43.4 Å². The number of aliphatic hydroxyl groups is 1. The molecule has 320 valence electrons. The molecule has 2 aliphatic heterocycles. The van der Waals surface area contributed by atoms with Crippen LogP contribution in [-0.2, 0) is 57.2 Å². The minimum Gasteiger partial charge on any atom is -0.592 e. The number of allylic oxidation sites excluding steroid dienone is 3. The molecule has 2 aromatic heterocycles. The van der Waals surface area contributed by atoms with Gasteiger partial charge in [0.25, 0.3) is 5.91 Å². The van der Waals surface area contributed by atoms with E-state index in [0.29, 0.717) is 28.0 Å². The first-order valence-electron chi connectivity index (χ1n) is 18.7. The van der Waals surface area contributed by atoms with Crippen LogP contribution in [0.5, 0.6) is 0 Å². The van der Waals surface area contributed by atoms with E-state index in [4.69, 9.17) is 18.3 Å². The summed E-state index contributed by atoms with van der Waals surface area (Å²) < 4.78 is 34.3. The SMILES string of the molecule is C/C1=C\[C@@H](OC(=O)CNC(=O)CCNC(=O)OCc2ccccc2)C(=O)/C=C/C=C/c2csc(n2)[C@@H](C)N2C(=O)C[C@@]([C@@](C)(O)C(=O)SCc3oc(=O)oc3C)(CC1)[S+]2[O-]. The number of thiazole rings is 1. The van der Waals surface area contributed by atoms with Gasteiger partial charge in [-0.05, 0) is 57.9 Å². The zero-order valence-electron chi connectivity index (χ0n) is 33.1. The van der Waals surface area contributed by atoms with Crippen molar-refractivity contribution in [1.82, 2.24) is 19.9 Å². The highest BCUT2D eigenvalue weighted by molar-refractivity contribution is 8.13. The molecule has 3 N–H and O–H groups in total. The van der Waals surface area contributed by atoms with Gasteiger partial charge in [0.2, 0.25) is 11.0 Å². The zero-order valence-corrected chi connectivity index (χ0v) is 35.6. The Balaban J connectivity index is 1.31. The van der Waals surface area contributed by atoms with Crippen molar-refractivity contribution < 1.29 is 56.7 Å². The summed E-state index contributed by atoms with van der Waals surface area (Å²) in [4.78, 5) is 94.6. The summed E-state index contributed by atoms with van der Waals surface area (Å²) in [5.41, 5.74) is -0.712. The van der Waals surface area contributed by atoms with Crippen LogP contribution >= 0.6 is 23.1 Å². The minimum atomic E-state index is -2.40. The summed E-state index contributed by atoms with van der Waals surface area (Å²) in [6.45, 7) is 5.27. The van der Waals surface area contributed by atoms with Crippen molar-refractivity contribution in [2.45, 2.75) is 88.2 Å². The van der Waals surface area contributed by atoms with Crippen LogP contribution in [0.25, 0.3) is 6.08 Å². The third kappa shape index (κ3) is 11.3. The third-order valence-electron chi connectivity index (χ3n) is 9.70. The molecule has 3 aromatic rings. The fourth-order valence-electron chi connectivity index (χ4n) is 6.23. The van der Waals surface area contributed by atoms with Gasteiger partial charge in [-0.2, -0.15) is 4.31 Å². The smallest absolute Gasteiger partial charge is 0.519 e. The van der Waals surface area contributed by atoms with Crippen LogP contribution in [0.1, 0.15) is 80.3 Å². The van der Waals surface area contributed by atoms with Gasteiger partial charge < -0.3 is 38.6 Å². The number of amides is 3. The van der Waals surface area contributed by atoms with Gasteiger partial charge in [0.1, 0.15) is 30.0 Å². The van der Waals surface area contributed by atoms with Gasteiger partial charge in [0, 0.05) is 24.8 Å². The Bertz CT molecular complexity index is 2230. The first-order chi connectivity index (χ1) is 28.5. The second-order valence-corrected chi connectivity index (χ2v) is 17.6. The van der Waals surface area contributed by atoms with E-state index in [0.717, 1.165) is 9.87 Å². The molecule has 1 fully saturated rings. The second kappa shape index (κ2) is 20.3. The number of esters is 1. The molecule has 17 nitrogen and oxygen atoms in total. The van der Waals surface area contributed by atoms with Gasteiger partial charge in [-0.3, -0.25) is 24.0 Å². The molecule has 0 radical (unpaired) electrons. The first-order valence-corrected chi connectivity index (χ1v) is 21.6. The number of rotatable bonds is 12. The summed E-state index contributed by atoms with van der Waals surface area (Å²) in [5, 5.41) is 18.2. The molecule has 3 amide bonds. The van der Waals surface area contributed by atoms with E-state index in [-0.39, 0.29) is 49.7 Å². The number of fused-ring (bicyclic) bond motifs is 4. The molecule has 4 heterocycles. The average molecular weight is 885 g/mol. The maximum Gasteiger partial charge on any atom is 0.519 e. The van der Waals surface area contributed by atoms with Gasteiger partial charge in [0.05, 0.1) is 29.2 Å². The van der Waals surface area contributed by atoms with Crippen molar-refractivity contribution in [2.24, 2.45) is 0 Å². The van der Waals surface area contributed by atoms with Crippen molar-refractivity contribution in [2.75, 3.05) is 13.1 Å². The molecule has 0 aliphatic carbocycles. The average Bonchev–Trinajstić information content (AvgIpc) is 3.89. The standard InChI is InChI=1S/C40H44N4O13S3/c1-24-14-16-40(39(4,52)36(49)59-23-31-26(3)55-38(51)57-31)19-33(47)44(60(40)53)25(2)35-43-28(22-58-35)12-8-9-13-29(45)30(18-24)56-34(48)20-42-32(46)15-17-41-37(50)54-21-27-10-6-5-7-11-27/h5-13,18,22,25,30,52H,14-17,19-21,23H2,1-4H3,(H,41,50)(H,42,46)/b12-8+,13-9+,24-18+/t25-,30-,39+,40-,60?/m1/s1. The number of nitrogens with one attached hydrogen (secondary N) is 2. The Morgan fingerprint density at radius 3 is 2.57 bits per heavy atom. The number of carbonyl (C=O) groups is 6. The normalized spacial score (nSPS) is 23.7. The number of ketones is 1. The van der Waals surface area contributed by atoms with E-state index in [1.54, 1.807) is 55.6 Å². The Hall–Kier alpha value is -5.28. The van der Waals surface area contributed by atoms with Crippen LogP contribution in [0.2, 0.25) is 0 Å². The number of ether oxygens (including phenoxy) is 2. The Kier molecular flexibility index (Phi) is 15.5. The van der Waals surface area contributed by atoms with Crippen LogP contribution < -0.4 is 16.5 Å². The molecule has 2 aliphatic rings. The van der Waals surface area contributed by atoms with E-state index in [2.05, 4.69) is 15.6 Å². The lowest BCUT2D eigenvalue weighted by atomic mass is 9.81. The number of benzene rings is 1. The number of aryl methyl sites for hydroxylation is 1. The summed E-state index contributed by atoms with van der Waals surface area (Å²) in [6.07, 6.45) is 4.02. The molecular formula is C40H44N4O13S3. The maximum atomic E-state index is 14.6. The Labute approximate surface area is 356 Å². The number of carbonyl (C=O) groups excluding carboxylic acids is 6. The van der Waals surface area contributed by atoms with Crippen molar-refractivity contribution in [3.8, 4) is 0 Å². The van der Waals surface area contributed by atoms with Gasteiger partial charge in [0.15, 0.2) is 28.0 Å². The van der Waals surface area contributed by atoms with E-state index in [9.17, 15) is 43.2 Å². The molecule has 1 saturated heterocycles. The van der Waals surface area contributed by atoms with Crippen LogP contribution in [0.4, 0.5) is 4.79 Å². The largest absolute Gasteiger partial charge is 0.592 e. The van der Waals surface area contributed by atoms with Crippen LogP contribution in [0.15, 0.2) is 79.2 Å². The maximum absolute atomic E-state index is 14.6. The summed E-state index contributed by atoms with van der Waals surface area (Å²) in [6, 6.07) is 8.21. The highest BCUT2D eigenvalue weighted by Gasteiger charge is 2.69. The van der Waals surface area contributed by atoms with Crippen molar-refractivity contribution in [1.29, 1.82) is 0 Å². The third-order valence-corrected chi connectivity index (χ3v) is 14.1. The second-order valence-electron chi connectivity index (χ2n) is 14.1. The topological polar surface area (TPSA) is 248 Å². The van der Waals surface area contributed by atoms with E-state index in [1.807, 2.05) is 6.07 Å². The van der Waals surface area contributed by atoms with E-state index < -0.39 is 87.4 Å². The highest BCUT2D eigenvalue weighted by atomic mass is 32.2. The predicted octanol–water partition coefficient (Wildman–Crippen LogP) is 4.13. The number of hydrogen-bond donors (Lipinski definition) is 3. The van der Waals surface area contributed by atoms with Crippen molar-refractivity contribution in [3.63, 3.8) is 0 Å². The van der Waals surface area contributed by atoms with Crippen LogP contribution in [0.3, 0.4) is 0 Å². The van der Waals surface area contributed by atoms with Crippen molar-refractivity contribution in [3.05, 3.63) is 104 Å². The zero-order chi connectivity index (χ0) is 43.6. The lowest BCUT2D eigenvalue weighted by molar-refractivity contribution is -0.150. The molecule has 4 bridgehead atoms. The van der Waals surface area contributed by atoms with E-state index >= 15 is 0 Å². The summed E-state index contributed by atoms with van der Waals surface area (Å²) in [5.74, 6) is -3.72. The van der Waals surface area contributed by atoms with Crippen molar-refractivity contribution >= 4 is 75.3 Å². The highest BCUT2D eigenvalue weighted by Crippen LogP contribution is 2.50.